The smallest absolute Gasteiger partial charge is 0.351 e. The largest absolute Gasteiger partial charge is 0.416 e. The van der Waals surface area contributed by atoms with Crippen LogP contribution in [0.2, 0.25) is 0 Å². The van der Waals surface area contributed by atoms with Gasteiger partial charge in [-0.2, -0.15) is 13.2 Å². The molecule has 0 saturated carbocycles. The Morgan fingerprint density at radius 1 is 1.17 bits per heavy atom. The molecule has 2 heterocycles. The van der Waals surface area contributed by atoms with Crippen LogP contribution in [0.15, 0.2) is 53.9 Å². The van der Waals surface area contributed by atoms with Gasteiger partial charge in [-0.1, -0.05) is 17.8 Å². The van der Waals surface area contributed by atoms with E-state index in [-0.39, 0.29) is 22.4 Å². The summed E-state index contributed by atoms with van der Waals surface area (Å²) in [7, 11) is 0. The molecule has 3 N–H and O–H groups in total. The standard InChI is InChI=1S/C17H13F3N6O2S/c18-17(19,20)11-4-1-5-12(7-11)26-14(10-3-2-6-22-8-10)24-25-16(26)29-9-13(27)23-15(21)28/h1-8H,9H2,(H3,21,23,27,28). The first-order valence-corrected chi connectivity index (χ1v) is 9.00. The summed E-state index contributed by atoms with van der Waals surface area (Å²) in [5, 5.41) is 10.1. The number of amides is 3. The number of benzene rings is 1. The van der Waals surface area contributed by atoms with Gasteiger partial charge in [0.1, 0.15) is 0 Å². The van der Waals surface area contributed by atoms with E-state index in [1.807, 2.05) is 5.32 Å². The van der Waals surface area contributed by atoms with Crippen LogP contribution in [0.4, 0.5) is 18.0 Å². The van der Waals surface area contributed by atoms with Crippen LogP contribution in [0.1, 0.15) is 5.56 Å². The fraction of sp³-hybridized carbons (Fsp3) is 0.118. The van der Waals surface area contributed by atoms with Crippen LogP contribution in [0.5, 0.6) is 0 Å². The van der Waals surface area contributed by atoms with Crippen molar-refractivity contribution in [1.29, 1.82) is 0 Å². The SMILES string of the molecule is NC(=O)NC(=O)CSc1nnc(-c2cccnc2)n1-c1cccc(C(F)(F)F)c1. The second kappa shape index (κ2) is 8.31. The zero-order chi connectivity index (χ0) is 21.0. The van der Waals surface area contributed by atoms with E-state index < -0.39 is 23.7 Å². The maximum Gasteiger partial charge on any atom is 0.416 e. The lowest BCUT2D eigenvalue weighted by Gasteiger charge is -2.13. The lowest BCUT2D eigenvalue weighted by atomic mass is 10.2. The summed E-state index contributed by atoms with van der Waals surface area (Å²) in [6.07, 6.45) is -1.51. The van der Waals surface area contributed by atoms with Gasteiger partial charge in [-0.05, 0) is 30.3 Å². The van der Waals surface area contributed by atoms with E-state index >= 15 is 0 Å². The van der Waals surface area contributed by atoms with Gasteiger partial charge in [-0.25, -0.2) is 4.79 Å². The summed E-state index contributed by atoms with van der Waals surface area (Å²) in [6.45, 7) is 0. The highest BCUT2D eigenvalue weighted by Gasteiger charge is 2.31. The number of alkyl halides is 3. The molecule has 3 amide bonds. The van der Waals surface area contributed by atoms with Crippen molar-refractivity contribution < 1.29 is 22.8 Å². The number of imide groups is 1. The minimum Gasteiger partial charge on any atom is -0.351 e. The van der Waals surface area contributed by atoms with E-state index in [4.69, 9.17) is 5.73 Å². The molecule has 0 aliphatic heterocycles. The van der Waals surface area contributed by atoms with E-state index in [1.165, 1.54) is 29.1 Å². The number of nitrogens with two attached hydrogens (primary N) is 1. The lowest BCUT2D eigenvalue weighted by Crippen LogP contribution is -2.36. The molecule has 0 aliphatic carbocycles. The molecule has 1 aromatic carbocycles. The zero-order valence-electron chi connectivity index (χ0n) is 14.6. The summed E-state index contributed by atoms with van der Waals surface area (Å²) in [5.74, 6) is -0.674. The molecule has 0 saturated heterocycles. The summed E-state index contributed by atoms with van der Waals surface area (Å²) in [5.41, 5.74) is 4.72. The van der Waals surface area contributed by atoms with Crippen molar-refractivity contribution in [2.75, 3.05) is 5.75 Å². The van der Waals surface area contributed by atoms with Gasteiger partial charge in [0.25, 0.3) is 0 Å². The molecule has 0 atom stereocenters. The minimum absolute atomic E-state index is 0.154. The molecule has 3 aromatic rings. The highest BCUT2D eigenvalue weighted by Crippen LogP contribution is 2.33. The summed E-state index contributed by atoms with van der Waals surface area (Å²) in [4.78, 5) is 26.4. The number of pyridine rings is 1. The Morgan fingerprint density at radius 2 is 1.97 bits per heavy atom. The average molecular weight is 422 g/mol. The Morgan fingerprint density at radius 3 is 2.62 bits per heavy atom. The van der Waals surface area contributed by atoms with Crippen molar-refractivity contribution >= 4 is 23.7 Å². The molecule has 2 aromatic heterocycles. The number of halogens is 3. The van der Waals surface area contributed by atoms with Gasteiger partial charge in [0.15, 0.2) is 11.0 Å². The normalized spacial score (nSPS) is 11.3. The van der Waals surface area contributed by atoms with Crippen molar-refractivity contribution in [3.05, 3.63) is 54.4 Å². The molecule has 150 valence electrons. The van der Waals surface area contributed by atoms with Crippen LogP contribution in [0.25, 0.3) is 17.1 Å². The first-order chi connectivity index (χ1) is 13.8. The van der Waals surface area contributed by atoms with E-state index in [1.54, 1.807) is 12.1 Å². The van der Waals surface area contributed by atoms with Crippen molar-refractivity contribution in [2.45, 2.75) is 11.3 Å². The van der Waals surface area contributed by atoms with Gasteiger partial charge in [0.2, 0.25) is 5.91 Å². The van der Waals surface area contributed by atoms with E-state index in [2.05, 4.69) is 15.2 Å². The number of hydrogen-bond donors (Lipinski definition) is 2. The topological polar surface area (TPSA) is 116 Å². The molecule has 8 nitrogen and oxygen atoms in total. The maximum absolute atomic E-state index is 13.2. The summed E-state index contributed by atoms with van der Waals surface area (Å²) >= 11 is 0.889. The van der Waals surface area contributed by atoms with Gasteiger partial charge in [0.05, 0.1) is 17.0 Å². The minimum atomic E-state index is -4.53. The number of hydrogen-bond acceptors (Lipinski definition) is 6. The third kappa shape index (κ3) is 4.90. The number of thioether (sulfide) groups is 1. The Bertz CT molecular complexity index is 1040. The highest BCUT2D eigenvalue weighted by molar-refractivity contribution is 7.99. The lowest BCUT2D eigenvalue weighted by molar-refractivity contribution is -0.137. The fourth-order valence-corrected chi connectivity index (χ4v) is 3.15. The van der Waals surface area contributed by atoms with Crippen molar-refractivity contribution in [3.8, 4) is 17.1 Å². The third-order valence-electron chi connectivity index (χ3n) is 3.58. The van der Waals surface area contributed by atoms with Crippen LogP contribution < -0.4 is 11.1 Å². The Kier molecular flexibility index (Phi) is 5.82. The van der Waals surface area contributed by atoms with E-state index in [0.717, 1.165) is 23.9 Å². The second-order valence-electron chi connectivity index (χ2n) is 5.63. The van der Waals surface area contributed by atoms with Crippen LogP contribution in [-0.4, -0.2) is 37.4 Å². The summed E-state index contributed by atoms with van der Waals surface area (Å²) in [6, 6.07) is 6.95. The van der Waals surface area contributed by atoms with Crippen molar-refractivity contribution in [2.24, 2.45) is 5.73 Å². The second-order valence-corrected chi connectivity index (χ2v) is 6.57. The molecule has 0 bridgehead atoms. The first kappa shape index (κ1) is 20.3. The molecule has 0 fully saturated rings. The predicted molar refractivity (Wildman–Crippen MR) is 98.0 cm³/mol. The summed E-state index contributed by atoms with van der Waals surface area (Å²) < 4.78 is 40.9. The van der Waals surface area contributed by atoms with Crippen LogP contribution in [0.3, 0.4) is 0 Å². The first-order valence-electron chi connectivity index (χ1n) is 8.01. The number of primary amides is 1. The Balaban J connectivity index is 2.04. The van der Waals surface area contributed by atoms with Crippen molar-refractivity contribution in [3.63, 3.8) is 0 Å². The molecular weight excluding hydrogens is 409 g/mol. The number of nitrogens with zero attached hydrogens (tertiary/aromatic N) is 4. The van der Waals surface area contributed by atoms with Gasteiger partial charge in [-0.15, -0.1) is 10.2 Å². The number of aromatic nitrogens is 4. The number of nitrogens with one attached hydrogen (secondary N) is 1. The molecular formula is C17H13F3N6O2S. The van der Waals surface area contributed by atoms with Crippen LogP contribution in [0, 0.1) is 0 Å². The van der Waals surface area contributed by atoms with Gasteiger partial charge < -0.3 is 5.73 Å². The number of carbonyl (C=O) groups is 2. The fourth-order valence-electron chi connectivity index (χ4n) is 2.40. The quantitative estimate of drug-likeness (QED) is 0.611. The molecule has 0 radical (unpaired) electrons. The third-order valence-corrected chi connectivity index (χ3v) is 4.51. The maximum atomic E-state index is 13.2. The number of carbonyl (C=O) groups excluding carboxylic acids is 2. The zero-order valence-corrected chi connectivity index (χ0v) is 15.4. The van der Waals surface area contributed by atoms with Crippen LogP contribution >= 0.6 is 11.8 Å². The van der Waals surface area contributed by atoms with Crippen LogP contribution in [-0.2, 0) is 11.0 Å². The molecule has 0 spiro atoms. The number of rotatable bonds is 5. The molecule has 0 unspecified atom stereocenters. The molecule has 29 heavy (non-hydrogen) atoms. The van der Waals surface area contributed by atoms with Gasteiger partial charge in [-0.3, -0.25) is 19.7 Å². The van der Waals surface area contributed by atoms with Gasteiger partial charge >= 0.3 is 12.2 Å². The Hall–Kier alpha value is -3.41. The monoisotopic (exact) mass is 422 g/mol. The van der Waals surface area contributed by atoms with E-state index in [9.17, 15) is 22.8 Å². The molecule has 0 aliphatic rings. The van der Waals surface area contributed by atoms with E-state index in [0.29, 0.717) is 5.56 Å². The molecule has 3 rings (SSSR count). The Labute approximate surface area is 166 Å². The molecule has 12 heteroatoms. The van der Waals surface area contributed by atoms with Crippen molar-refractivity contribution in [1.82, 2.24) is 25.1 Å². The average Bonchev–Trinajstić information content (AvgIpc) is 3.10. The predicted octanol–water partition coefficient (Wildman–Crippen LogP) is 2.64. The van der Waals surface area contributed by atoms with Gasteiger partial charge in [0, 0.05) is 18.0 Å². The highest BCUT2D eigenvalue weighted by atomic mass is 32.2. The number of urea groups is 1.